The van der Waals surface area contributed by atoms with Gasteiger partial charge in [0.15, 0.2) is 5.13 Å². The molecule has 0 spiro atoms. The van der Waals surface area contributed by atoms with Gasteiger partial charge in [-0.3, -0.25) is 0 Å². The van der Waals surface area contributed by atoms with Crippen molar-refractivity contribution < 1.29 is 0 Å². The Kier molecular flexibility index (Phi) is 2.55. The molecule has 0 fully saturated rings. The zero-order valence-electron chi connectivity index (χ0n) is 5.10. The Balaban J connectivity index is 2.76. The Labute approximate surface area is 68.0 Å². The summed E-state index contributed by atoms with van der Waals surface area (Å²) in [5, 5.41) is 0.541. The van der Waals surface area contributed by atoms with Crippen molar-refractivity contribution in [3.8, 4) is 11.8 Å². The zero-order valence-corrected chi connectivity index (χ0v) is 6.67. The summed E-state index contributed by atoms with van der Waals surface area (Å²) in [5.41, 5.74) is 5.36. The fourth-order valence-corrected chi connectivity index (χ4v) is 1.09. The molecular formula is C6H5ClN2S. The molecule has 0 aliphatic rings. The highest BCUT2D eigenvalue weighted by molar-refractivity contribution is 7.15. The van der Waals surface area contributed by atoms with Gasteiger partial charge in [0.1, 0.15) is 0 Å². The van der Waals surface area contributed by atoms with E-state index in [0.717, 1.165) is 4.88 Å². The SMILES string of the molecule is Nc1ncc(C#CCCl)s1. The Bertz CT molecular complexity index is 271. The number of nitrogens with zero attached hydrogens (tertiary/aromatic N) is 1. The lowest BCUT2D eigenvalue weighted by Gasteiger charge is -1.72. The molecule has 0 bridgehead atoms. The minimum atomic E-state index is 0.345. The molecule has 0 radical (unpaired) electrons. The zero-order chi connectivity index (χ0) is 7.40. The first kappa shape index (κ1) is 7.39. The fraction of sp³-hybridized carbons (Fsp3) is 0.167. The van der Waals surface area contributed by atoms with Gasteiger partial charge in [0.05, 0.1) is 17.0 Å². The van der Waals surface area contributed by atoms with Crippen LogP contribution >= 0.6 is 22.9 Å². The van der Waals surface area contributed by atoms with Gasteiger partial charge in [-0.25, -0.2) is 4.98 Å². The van der Waals surface area contributed by atoms with Crippen molar-refractivity contribution in [2.45, 2.75) is 0 Å². The van der Waals surface area contributed by atoms with Crippen LogP contribution in [0.25, 0.3) is 0 Å². The highest BCUT2D eigenvalue weighted by atomic mass is 35.5. The lowest BCUT2D eigenvalue weighted by atomic mass is 10.5. The van der Waals surface area contributed by atoms with Crippen LogP contribution in [0.2, 0.25) is 0 Å². The van der Waals surface area contributed by atoms with Crippen molar-refractivity contribution in [2.75, 3.05) is 11.6 Å². The van der Waals surface area contributed by atoms with Crippen LogP contribution in [0.15, 0.2) is 6.20 Å². The lowest BCUT2D eigenvalue weighted by Crippen LogP contribution is -1.77. The van der Waals surface area contributed by atoms with Crippen LogP contribution < -0.4 is 5.73 Å². The van der Waals surface area contributed by atoms with E-state index in [1.165, 1.54) is 11.3 Å². The summed E-state index contributed by atoms with van der Waals surface area (Å²) >= 11 is 6.70. The van der Waals surface area contributed by atoms with Crippen LogP contribution in [0, 0.1) is 11.8 Å². The van der Waals surface area contributed by atoms with Crippen molar-refractivity contribution in [1.82, 2.24) is 4.98 Å². The van der Waals surface area contributed by atoms with Gasteiger partial charge in [-0.2, -0.15) is 0 Å². The van der Waals surface area contributed by atoms with Gasteiger partial charge in [0.2, 0.25) is 0 Å². The Morgan fingerprint density at radius 1 is 1.80 bits per heavy atom. The molecule has 0 saturated carbocycles. The van der Waals surface area contributed by atoms with E-state index in [-0.39, 0.29) is 0 Å². The summed E-state index contributed by atoms with van der Waals surface area (Å²) in [7, 11) is 0. The monoisotopic (exact) mass is 172 g/mol. The number of alkyl halides is 1. The number of anilines is 1. The second-order valence-corrected chi connectivity index (χ2v) is 2.83. The largest absolute Gasteiger partial charge is 0.375 e. The summed E-state index contributed by atoms with van der Waals surface area (Å²) in [6, 6.07) is 0. The second kappa shape index (κ2) is 3.45. The summed E-state index contributed by atoms with van der Waals surface area (Å²) < 4.78 is 0. The van der Waals surface area contributed by atoms with Crippen LogP contribution in [0.1, 0.15) is 4.88 Å². The van der Waals surface area contributed by atoms with Crippen LogP contribution in [0.4, 0.5) is 5.13 Å². The van der Waals surface area contributed by atoms with Gasteiger partial charge in [0, 0.05) is 0 Å². The Morgan fingerprint density at radius 2 is 2.60 bits per heavy atom. The maximum Gasteiger partial charge on any atom is 0.181 e. The van der Waals surface area contributed by atoms with E-state index in [2.05, 4.69) is 16.8 Å². The highest BCUT2D eigenvalue weighted by Crippen LogP contribution is 2.11. The van der Waals surface area contributed by atoms with Crippen molar-refractivity contribution in [2.24, 2.45) is 0 Å². The van der Waals surface area contributed by atoms with Gasteiger partial charge in [-0.1, -0.05) is 23.2 Å². The number of thiazole rings is 1. The molecule has 0 aromatic carbocycles. The molecule has 0 amide bonds. The van der Waals surface area contributed by atoms with Crippen LogP contribution in [0.5, 0.6) is 0 Å². The van der Waals surface area contributed by atoms with Gasteiger partial charge >= 0.3 is 0 Å². The molecule has 1 aromatic heterocycles. The lowest BCUT2D eigenvalue weighted by molar-refractivity contribution is 1.42. The molecule has 0 unspecified atom stereocenters. The minimum Gasteiger partial charge on any atom is -0.375 e. The van der Waals surface area contributed by atoms with E-state index in [1.807, 2.05) is 0 Å². The van der Waals surface area contributed by atoms with Crippen LogP contribution in [-0.2, 0) is 0 Å². The molecule has 0 aliphatic heterocycles. The molecule has 4 heteroatoms. The summed E-state index contributed by atoms with van der Waals surface area (Å²) in [5.74, 6) is 5.86. The second-order valence-electron chi connectivity index (χ2n) is 1.50. The number of hydrogen-bond donors (Lipinski definition) is 1. The van der Waals surface area contributed by atoms with Crippen molar-refractivity contribution in [3.05, 3.63) is 11.1 Å². The van der Waals surface area contributed by atoms with E-state index in [9.17, 15) is 0 Å². The van der Waals surface area contributed by atoms with E-state index in [0.29, 0.717) is 11.0 Å². The third-order valence-corrected chi connectivity index (χ3v) is 1.68. The predicted molar refractivity (Wildman–Crippen MR) is 44.1 cm³/mol. The van der Waals surface area contributed by atoms with Crippen LogP contribution in [-0.4, -0.2) is 10.9 Å². The average Bonchev–Trinajstić information content (AvgIpc) is 2.31. The molecule has 0 aliphatic carbocycles. The maximum atomic E-state index is 5.36. The standard InChI is InChI=1S/C6H5ClN2S/c7-3-1-2-5-4-9-6(8)10-5/h4H,3H2,(H2,8,9). The van der Waals surface area contributed by atoms with E-state index >= 15 is 0 Å². The fourth-order valence-electron chi connectivity index (χ4n) is 0.466. The van der Waals surface area contributed by atoms with Gasteiger partial charge in [0.25, 0.3) is 0 Å². The summed E-state index contributed by atoms with van der Waals surface area (Å²) in [4.78, 5) is 4.68. The maximum absolute atomic E-state index is 5.36. The number of aromatic nitrogens is 1. The normalized spacial score (nSPS) is 8.50. The first-order valence-electron chi connectivity index (χ1n) is 2.59. The number of hydrogen-bond acceptors (Lipinski definition) is 3. The first-order chi connectivity index (χ1) is 4.83. The smallest absolute Gasteiger partial charge is 0.181 e. The van der Waals surface area contributed by atoms with Gasteiger partial charge < -0.3 is 5.73 Å². The molecule has 1 aromatic rings. The van der Waals surface area contributed by atoms with E-state index in [4.69, 9.17) is 17.3 Å². The molecule has 1 rings (SSSR count). The Morgan fingerprint density at radius 3 is 3.10 bits per heavy atom. The number of rotatable bonds is 0. The number of nitrogen functional groups attached to an aromatic ring is 1. The third-order valence-electron chi connectivity index (χ3n) is 0.802. The van der Waals surface area contributed by atoms with Crippen molar-refractivity contribution in [3.63, 3.8) is 0 Å². The molecule has 10 heavy (non-hydrogen) atoms. The predicted octanol–water partition coefficient (Wildman–Crippen LogP) is 1.32. The molecule has 0 atom stereocenters. The number of nitrogens with two attached hydrogens (primary N) is 1. The third kappa shape index (κ3) is 1.90. The van der Waals surface area contributed by atoms with Crippen molar-refractivity contribution >= 4 is 28.1 Å². The molecule has 2 nitrogen and oxygen atoms in total. The quantitative estimate of drug-likeness (QED) is 0.474. The molecule has 1 heterocycles. The Hall–Kier alpha value is -0.720. The van der Waals surface area contributed by atoms with Gasteiger partial charge in [-0.15, -0.1) is 11.6 Å². The highest BCUT2D eigenvalue weighted by Gasteiger charge is 1.91. The average molecular weight is 173 g/mol. The first-order valence-corrected chi connectivity index (χ1v) is 3.94. The van der Waals surface area contributed by atoms with E-state index in [1.54, 1.807) is 6.20 Å². The van der Waals surface area contributed by atoms with Crippen molar-refractivity contribution in [1.29, 1.82) is 0 Å². The molecular weight excluding hydrogens is 168 g/mol. The minimum absolute atomic E-state index is 0.345. The molecule has 2 N–H and O–H groups in total. The number of halogens is 1. The summed E-state index contributed by atoms with van der Waals surface area (Å²) in [6.07, 6.45) is 1.64. The topological polar surface area (TPSA) is 38.9 Å². The van der Waals surface area contributed by atoms with E-state index < -0.39 is 0 Å². The van der Waals surface area contributed by atoms with Crippen LogP contribution in [0.3, 0.4) is 0 Å². The molecule has 52 valence electrons. The molecule has 0 saturated heterocycles. The summed E-state index contributed by atoms with van der Waals surface area (Å²) in [6.45, 7) is 0. The van der Waals surface area contributed by atoms with Gasteiger partial charge in [-0.05, 0) is 0 Å².